The minimum absolute atomic E-state index is 0.103. The van der Waals surface area contributed by atoms with E-state index in [0.29, 0.717) is 50.9 Å². The average molecular weight is 533 g/mol. The lowest BCUT2D eigenvalue weighted by molar-refractivity contribution is 0.201. The Morgan fingerprint density at radius 2 is 1.68 bits per heavy atom. The SMILES string of the molecule is CCOc1nc(SCc2coc(-c3ccc(Cl)cc3)n2)c(C#N)c(-c2ccc(OCCO)cc2)c1C#N. The van der Waals surface area contributed by atoms with Crippen molar-refractivity contribution in [2.24, 2.45) is 0 Å². The molecule has 0 spiro atoms. The number of nitriles is 2. The lowest BCUT2D eigenvalue weighted by Gasteiger charge is -2.15. The van der Waals surface area contributed by atoms with Gasteiger partial charge in [-0.25, -0.2) is 9.97 Å². The molecule has 0 atom stereocenters. The van der Waals surface area contributed by atoms with Crippen molar-refractivity contribution >= 4 is 23.4 Å². The molecule has 0 unspecified atom stereocenters. The Morgan fingerprint density at radius 3 is 2.32 bits per heavy atom. The molecule has 0 amide bonds. The molecule has 0 aliphatic heterocycles. The topological polar surface area (TPSA) is 125 Å². The zero-order chi connectivity index (χ0) is 26.2. The fraction of sp³-hybridized carbons (Fsp3) is 0.185. The van der Waals surface area contributed by atoms with E-state index in [9.17, 15) is 10.5 Å². The maximum atomic E-state index is 10.1. The van der Waals surface area contributed by atoms with Gasteiger partial charge in [0, 0.05) is 21.9 Å². The third-order valence-corrected chi connectivity index (χ3v) is 6.40. The maximum absolute atomic E-state index is 10.1. The quantitative estimate of drug-likeness (QED) is 0.250. The van der Waals surface area contributed by atoms with Crippen molar-refractivity contribution in [3.05, 3.63) is 76.6 Å². The third kappa shape index (κ3) is 6.04. The van der Waals surface area contributed by atoms with Crippen LogP contribution in [0.25, 0.3) is 22.6 Å². The van der Waals surface area contributed by atoms with E-state index in [1.807, 2.05) is 12.1 Å². The molecule has 10 heteroatoms. The monoisotopic (exact) mass is 532 g/mol. The number of pyridine rings is 1. The van der Waals surface area contributed by atoms with E-state index in [1.54, 1.807) is 49.6 Å². The van der Waals surface area contributed by atoms with Crippen molar-refractivity contribution in [3.63, 3.8) is 0 Å². The Hall–Kier alpha value is -4.02. The number of aromatic nitrogens is 2. The number of rotatable bonds is 10. The van der Waals surface area contributed by atoms with Crippen molar-refractivity contribution in [2.75, 3.05) is 19.8 Å². The van der Waals surface area contributed by atoms with E-state index in [4.69, 9.17) is 30.6 Å². The van der Waals surface area contributed by atoms with Crippen LogP contribution in [0.5, 0.6) is 11.6 Å². The molecule has 186 valence electrons. The number of oxazole rings is 1. The van der Waals surface area contributed by atoms with Crippen LogP contribution >= 0.6 is 23.4 Å². The summed E-state index contributed by atoms with van der Waals surface area (Å²) in [5.41, 5.74) is 2.97. The number of nitrogens with zero attached hydrogens (tertiary/aromatic N) is 4. The molecule has 4 rings (SSSR count). The Balaban J connectivity index is 1.68. The van der Waals surface area contributed by atoms with Gasteiger partial charge in [-0.15, -0.1) is 0 Å². The molecule has 0 aliphatic carbocycles. The Labute approximate surface area is 223 Å². The number of benzene rings is 2. The summed E-state index contributed by atoms with van der Waals surface area (Å²) >= 11 is 7.26. The first-order valence-corrected chi connectivity index (χ1v) is 12.6. The number of thioether (sulfide) groups is 1. The van der Waals surface area contributed by atoms with Gasteiger partial charge in [-0.1, -0.05) is 35.5 Å². The van der Waals surface area contributed by atoms with Crippen LogP contribution in [0.3, 0.4) is 0 Å². The standard InChI is InChI=1S/C27H21ClN4O4S/c1-2-34-26-22(13-29)24(17-5-9-21(10-6-17)35-12-11-33)23(14-30)27(32-26)37-16-20-15-36-25(31-20)18-3-7-19(28)8-4-18/h3-10,15,33H,2,11-12,16H2,1H3. The molecule has 2 aromatic carbocycles. The molecule has 8 nitrogen and oxygen atoms in total. The van der Waals surface area contributed by atoms with Crippen LogP contribution in [0, 0.1) is 22.7 Å². The van der Waals surface area contributed by atoms with Gasteiger partial charge in [-0.05, 0) is 48.9 Å². The fourth-order valence-corrected chi connectivity index (χ4v) is 4.49. The predicted octanol–water partition coefficient (Wildman–Crippen LogP) is 5.86. The summed E-state index contributed by atoms with van der Waals surface area (Å²) in [4.78, 5) is 9.04. The molecule has 4 aromatic rings. The molecule has 2 heterocycles. The number of hydrogen-bond acceptors (Lipinski definition) is 9. The van der Waals surface area contributed by atoms with Crippen molar-refractivity contribution < 1.29 is 19.0 Å². The lowest BCUT2D eigenvalue weighted by atomic mass is 9.97. The van der Waals surface area contributed by atoms with Crippen molar-refractivity contribution in [3.8, 4) is 46.3 Å². The molecule has 0 radical (unpaired) electrons. The highest BCUT2D eigenvalue weighted by atomic mass is 35.5. The first-order valence-electron chi connectivity index (χ1n) is 11.3. The molecule has 0 aliphatic rings. The van der Waals surface area contributed by atoms with Crippen LogP contribution in [-0.2, 0) is 5.75 Å². The van der Waals surface area contributed by atoms with Crippen LogP contribution in [0.2, 0.25) is 5.02 Å². The van der Waals surface area contributed by atoms with Gasteiger partial charge in [0.25, 0.3) is 0 Å². The van der Waals surface area contributed by atoms with Gasteiger partial charge in [0.15, 0.2) is 0 Å². The first kappa shape index (κ1) is 26.1. The third-order valence-electron chi connectivity index (χ3n) is 5.14. The Morgan fingerprint density at radius 1 is 0.973 bits per heavy atom. The number of hydrogen-bond donors (Lipinski definition) is 1. The summed E-state index contributed by atoms with van der Waals surface area (Å²) in [6.45, 7) is 2.17. The predicted molar refractivity (Wildman–Crippen MR) is 139 cm³/mol. The van der Waals surface area contributed by atoms with Crippen LogP contribution in [0.4, 0.5) is 0 Å². The van der Waals surface area contributed by atoms with Crippen LogP contribution in [-0.4, -0.2) is 34.9 Å². The van der Waals surface area contributed by atoms with Gasteiger partial charge >= 0.3 is 0 Å². The van der Waals surface area contributed by atoms with E-state index in [-0.39, 0.29) is 30.2 Å². The van der Waals surface area contributed by atoms with E-state index in [0.717, 1.165) is 5.56 Å². The van der Waals surface area contributed by atoms with Crippen LogP contribution in [0.1, 0.15) is 23.7 Å². The fourth-order valence-electron chi connectivity index (χ4n) is 3.51. The zero-order valence-corrected chi connectivity index (χ0v) is 21.3. The van der Waals surface area contributed by atoms with Gasteiger partial charge in [-0.2, -0.15) is 10.5 Å². The normalized spacial score (nSPS) is 10.5. The molecule has 2 aromatic heterocycles. The van der Waals surface area contributed by atoms with E-state index in [1.165, 1.54) is 11.8 Å². The van der Waals surface area contributed by atoms with Gasteiger partial charge in [-0.3, -0.25) is 0 Å². The van der Waals surface area contributed by atoms with Crippen LogP contribution < -0.4 is 9.47 Å². The molecule has 0 bridgehead atoms. The van der Waals surface area contributed by atoms with E-state index >= 15 is 0 Å². The van der Waals surface area contributed by atoms with E-state index in [2.05, 4.69) is 22.1 Å². The number of halogens is 1. The molecule has 0 saturated heterocycles. The Bertz CT molecular complexity index is 1460. The van der Waals surface area contributed by atoms with E-state index < -0.39 is 0 Å². The van der Waals surface area contributed by atoms with Crippen molar-refractivity contribution in [1.29, 1.82) is 10.5 Å². The summed E-state index contributed by atoms with van der Waals surface area (Å²) < 4.78 is 16.7. The van der Waals surface area contributed by atoms with Gasteiger partial charge in [0.2, 0.25) is 11.8 Å². The second-order valence-electron chi connectivity index (χ2n) is 7.54. The van der Waals surface area contributed by atoms with Gasteiger partial charge < -0.3 is 19.0 Å². The lowest BCUT2D eigenvalue weighted by Crippen LogP contribution is -2.04. The first-order chi connectivity index (χ1) is 18.1. The minimum Gasteiger partial charge on any atom is -0.491 e. The molecule has 0 fully saturated rings. The molecule has 37 heavy (non-hydrogen) atoms. The maximum Gasteiger partial charge on any atom is 0.233 e. The molecule has 1 N–H and O–H groups in total. The second kappa shape index (κ2) is 12.3. The highest BCUT2D eigenvalue weighted by Crippen LogP contribution is 2.39. The summed E-state index contributed by atoms with van der Waals surface area (Å²) in [5.74, 6) is 1.55. The highest BCUT2D eigenvalue weighted by molar-refractivity contribution is 7.98. The largest absolute Gasteiger partial charge is 0.491 e. The number of aliphatic hydroxyl groups excluding tert-OH is 1. The molecular formula is C27H21ClN4O4S. The van der Waals surface area contributed by atoms with Crippen molar-refractivity contribution in [1.82, 2.24) is 9.97 Å². The summed E-state index contributed by atoms with van der Waals surface area (Å²) in [7, 11) is 0. The minimum atomic E-state index is -0.103. The summed E-state index contributed by atoms with van der Waals surface area (Å²) in [5, 5.41) is 30.0. The second-order valence-corrected chi connectivity index (χ2v) is 8.94. The Kier molecular flexibility index (Phi) is 8.65. The zero-order valence-electron chi connectivity index (χ0n) is 19.8. The number of ether oxygens (including phenoxy) is 2. The summed E-state index contributed by atoms with van der Waals surface area (Å²) in [6.07, 6.45) is 1.56. The molecule has 0 saturated carbocycles. The smallest absolute Gasteiger partial charge is 0.233 e. The average Bonchev–Trinajstić information content (AvgIpc) is 3.40. The van der Waals surface area contributed by atoms with Gasteiger partial charge in [0.05, 0.1) is 24.5 Å². The molecular weight excluding hydrogens is 512 g/mol. The summed E-state index contributed by atoms with van der Waals surface area (Å²) in [6, 6.07) is 18.5. The number of aliphatic hydroxyl groups is 1. The van der Waals surface area contributed by atoms with Crippen molar-refractivity contribution in [2.45, 2.75) is 17.7 Å². The van der Waals surface area contributed by atoms with Gasteiger partial charge in [0.1, 0.15) is 41.3 Å². The van der Waals surface area contributed by atoms with Crippen LogP contribution in [0.15, 0.2) is 64.2 Å². The highest BCUT2D eigenvalue weighted by Gasteiger charge is 2.23.